The molecule has 0 aliphatic carbocycles. The fourth-order valence-corrected chi connectivity index (χ4v) is 4.51. The van der Waals surface area contributed by atoms with Crippen LogP contribution in [0.5, 0.6) is 0 Å². The Balaban J connectivity index is 1.91. The SMILES string of the molecule is Cc1cc(/C=C(/C#N)C(=O)Nc2nnc(S(C)(=O)=O)s2)c(C)n1-c1cccc(Cl)c1. The van der Waals surface area contributed by atoms with Crippen LogP contribution in [0.25, 0.3) is 11.8 Å². The molecule has 0 aliphatic heterocycles. The van der Waals surface area contributed by atoms with Crippen molar-refractivity contribution in [2.75, 3.05) is 11.6 Å². The molecular formula is C19H16ClN5O3S2. The van der Waals surface area contributed by atoms with E-state index in [4.69, 9.17) is 11.6 Å². The number of benzene rings is 1. The van der Waals surface area contributed by atoms with Crippen LogP contribution < -0.4 is 5.32 Å². The third kappa shape index (κ3) is 4.59. The van der Waals surface area contributed by atoms with Gasteiger partial charge in [0.1, 0.15) is 11.6 Å². The normalized spacial score (nSPS) is 11.9. The molecule has 0 spiro atoms. The first-order valence-electron chi connectivity index (χ1n) is 8.51. The van der Waals surface area contributed by atoms with Gasteiger partial charge in [-0.1, -0.05) is 29.0 Å². The molecule has 0 saturated carbocycles. The summed E-state index contributed by atoms with van der Waals surface area (Å²) in [6, 6.07) is 11.1. The third-order valence-corrected chi connectivity index (χ3v) is 6.89. The van der Waals surface area contributed by atoms with E-state index >= 15 is 0 Å². The van der Waals surface area contributed by atoms with Gasteiger partial charge in [0.15, 0.2) is 0 Å². The highest BCUT2D eigenvalue weighted by Crippen LogP contribution is 2.25. The molecule has 0 atom stereocenters. The summed E-state index contributed by atoms with van der Waals surface area (Å²) < 4.78 is 24.7. The summed E-state index contributed by atoms with van der Waals surface area (Å²) in [4.78, 5) is 12.5. The van der Waals surface area contributed by atoms with Crippen LogP contribution in [-0.2, 0) is 14.6 Å². The van der Waals surface area contributed by atoms with Crippen molar-refractivity contribution in [3.05, 3.63) is 57.9 Å². The number of hydrogen-bond donors (Lipinski definition) is 1. The van der Waals surface area contributed by atoms with Crippen molar-refractivity contribution in [2.45, 2.75) is 18.2 Å². The molecule has 8 nitrogen and oxygen atoms in total. The Hall–Kier alpha value is -3.00. The van der Waals surface area contributed by atoms with Gasteiger partial charge in [-0.15, -0.1) is 10.2 Å². The smallest absolute Gasteiger partial charge is 0.268 e. The van der Waals surface area contributed by atoms with Gasteiger partial charge in [0.2, 0.25) is 19.3 Å². The van der Waals surface area contributed by atoms with E-state index in [2.05, 4.69) is 15.5 Å². The lowest BCUT2D eigenvalue weighted by Gasteiger charge is -2.10. The summed E-state index contributed by atoms with van der Waals surface area (Å²) >= 11 is 6.81. The highest BCUT2D eigenvalue weighted by atomic mass is 35.5. The number of halogens is 1. The van der Waals surface area contributed by atoms with Crippen molar-refractivity contribution >= 4 is 49.9 Å². The Morgan fingerprint density at radius 2 is 2.03 bits per heavy atom. The van der Waals surface area contributed by atoms with Crippen molar-refractivity contribution in [2.24, 2.45) is 0 Å². The zero-order chi connectivity index (χ0) is 22.1. The summed E-state index contributed by atoms with van der Waals surface area (Å²) in [5.74, 6) is -0.707. The number of aryl methyl sites for hydroxylation is 1. The van der Waals surface area contributed by atoms with E-state index in [1.165, 1.54) is 6.08 Å². The molecule has 0 aliphatic rings. The molecule has 0 bridgehead atoms. The highest BCUT2D eigenvalue weighted by Gasteiger charge is 2.18. The Kier molecular flexibility index (Phi) is 6.07. The average Bonchev–Trinajstić information content (AvgIpc) is 3.24. The molecule has 30 heavy (non-hydrogen) atoms. The molecule has 1 aromatic carbocycles. The van der Waals surface area contributed by atoms with Gasteiger partial charge in [0.25, 0.3) is 5.91 Å². The maximum Gasteiger partial charge on any atom is 0.268 e. The number of nitriles is 1. The van der Waals surface area contributed by atoms with Crippen LogP contribution in [0.4, 0.5) is 5.13 Å². The quantitative estimate of drug-likeness (QED) is 0.352. The van der Waals surface area contributed by atoms with Crippen LogP contribution >= 0.6 is 22.9 Å². The molecule has 0 radical (unpaired) electrons. The number of hydrogen-bond acceptors (Lipinski definition) is 7. The number of rotatable bonds is 5. The first-order chi connectivity index (χ1) is 14.1. The fourth-order valence-electron chi connectivity index (χ4n) is 2.82. The largest absolute Gasteiger partial charge is 0.318 e. The van der Waals surface area contributed by atoms with Gasteiger partial charge in [-0.25, -0.2) is 8.42 Å². The molecule has 0 saturated heterocycles. The van der Waals surface area contributed by atoms with Crippen LogP contribution in [0.2, 0.25) is 5.02 Å². The summed E-state index contributed by atoms with van der Waals surface area (Å²) in [6.45, 7) is 3.78. The number of aromatic nitrogens is 3. The zero-order valence-electron chi connectivity index (χ0n) is 16.2. The van der Waals surface area contributed by atoms with Crippen LogP contribution in [0, 0.1) is 25.2 Å². The predicted molar refractivity (Wildman–Crippen MR) is 115 cm³/mol. The number of carbonyl (C=O) groups is 1. The lowest BCUT2D eigenvalue weighted by Crippen LogP contribution is -2.13. The Labute approximate surface area is 182 Å². The van der Waals surface area contributed by atoms with Gasteiger partial charge in [0, 0.05) is 28.4 Å². The fraction of sp³-hybridized carbons (Fsp3) is 0.158. The number of sulfone groups is 1. The maximum absolute atomic E-state index is 12.5. The molecule has 0 unspecified atom stereocenters. The first-order valence-corrected chi connectivity index (χ1v) is 11.6. The minimum atomic E-state index is -3.53. The molecule has 154 valence electrons. The number of anilines is 1. The van der Waals surface area contributed by atoms with Crippen LogP contribution in [0.1, 0.15) is 17.0 Å². The van der Waals surface area contributed by atoms with Gasteiger partial charge in [-0.2, -0.15) is 5.26 Å². The number of nitrogens with one attached hydrogen (secondary N) is 1. The number of amides is 1. The minimum absolute atomic E-state index is 0.00836. The van der Waals surface area contributed by atoms with Crippen LogP contribution in [-0.4, -0.2) is 35.3 Å². The predicted octanol–water partition coefficient (Wildman–Crippen LogP) is 3.55. The monoisotopic (exact) mass is 461 g/mol. The van der Waals surface area contributed by atoms with Crippen molar-refractivity contribution in [3.63, 3.8) is 0 Å². The van der Waals surface area contributed by atoms with E-state index in [0.29, 0.717) is 21.9 Å². The standard InChI is InChI=1S/C19H16ClN5O3S2/c1-11-7-13(12(2)25(11)16-6-4-5-15(20)9-16)8-14(10-21)17(26)22-18-23-24-19(29-18)30(3,27)28/h4-9H,1-3H3,(H,22,23,26)/b14-8-. The zero-order valence-corrected chi connectivity index (χ0v) is 18.6. The Morgan fingerprint density at radius 3 is 2.63 bits per heavy atom. The summed E-state index contributed by atoms with van der Waals surface area (Å²) in [7, 11) is -3.53. The lowest BCUT2D eigenvalue weighted by molar-refractivity contribution is -0.112. The molecule has 2 aromatic heterocycles. The third-order valence-electron chi connectivity index (χ3n) is 4.15. The van der Waals surface area contributed by atoms with Gasteiger partial charge in [0.05, 0.1) is 0 Å². The second-order valence-electron chi connectivity index (χ2n) is 6.41. The molecule has 0 fully saturated rings. The van der Waals surface area contributed by atoms with Gasteiger partial charge in [-0.3, -0.25) is 10.1 Å². The Morgan fingerprint density at radius 1 is 1.30 bits per heavy atom. The van der Waals surface area contributed by atoms with Crippen molar-refractivity contribution in [1.29, 1.82) is 5.26 Å². The second kappa shape index (κ2) is 8.39. The second-order valence-corrected chi connectivity index (χ2v) is 10.0. The van der Waals surface area contributed by atoms with E-state index in [1.54, 1.807) is 6.07 Å². The van der Waals surface area contributed by atoms with Crippen LogP contribution in [0.15, 0.2) is 40.2 Å². The van der Waals surface area contributed by atoms with Crippen molar-refractivity contribution in [3.8, 4) is 11.8 Å². The van der Waals surface area contributed by atoms with Crippen molar-refractivity contribution < 1.29 is 13.2 Å². The molecule has 11 heteroatoms. The number of nitrogens with zero attached hydrogens (tertiary/aromatic N) is 4. The van der Waals surface area contributed by atoms with Crippen LogP contribution in [0.3, 0.4) is 0 Å². The summed E-state index contributed by atoms with van der Waals surface area (Å²) in [5.41, 5.74) is 3.12. The summed E-state index contributed by atoms with van der Waals surface area (Å²) in [6.07, 6.45) is 2.46. The minimum Gasteiger partial charge on any atom is -0.318 e. The van der Waals surface area contributed by atoms with E-state index in [0.717, 1.165) is 23.3 Å². The van der Waals surface area contributed by atoms with E-state index in [9.17, 15) is 18.5 Å². The number of carbonyl (C=O) groups excluding carboxylic acids is 1. The van der Waals surface area contributed by atoms with Gasteiger partial charge >= 0.3 is 0 Å². The van der Waals surface area contributed by atoms with E-state index in [1.807, 2.05) is 48.7 Å². The maximum atomic E-state index is 12.5. The van der Waals surface area contributed by atoms with Crippen molar-refractivity contribution in [1.82, 2.24) is 14.8 Å². The topological polar surface area (TPSA) is 118 Å². The van der Waals surface area contributed by atoms with E-state index < -0.39 is 15.7 Å². The van der Waals surface area contributed by atoms with Gasteiger partial charge < -0.3 is 4.57 Å². The molecular weight excluding hydrogens is 446 g/mol. The highest BCUT2D eigenvalue weighted by molar-refractivity contribution is 7.92. The van der Waals surface area contributed by atoms with Gasteiger partial charge in [-0.05, 0) is 49.8 Å². The Bertz CT molecular complexity index is 1320. The molecule has 1 N–H and O–H groups in total. The summed E-state index contributed by atoms with van der Waals surface area (Å²) in [5, 5.41) is 19.6. The van der Waals surface area contributed by atoms with E-state index in [-0.39, 0.29) is 15.0 Å². The lowest BCUT2D eigenvalue weighted by atomic mass is 10.1. The average molecular weight is 462 g/mol. The molecule has 2 heterocycles. The molecule has 3 rings (SSSR count). The first kappa shape index (κ1) is 21.7. The molecule has 3 aromatic rings. The molecule has 1 amide bonds.